The lowest BCUT2D eigenvalue weighted by molar-refractivity contribution is -0.138. The summed E-state index contributed by atoms with van der Waals surface area (Å²) in [5.41, 5.74) is -1.63. The summed E-state index contributed by atoms with van der Waals surface area (Å²) < 4.78 is 76.6. The van der Waals surface area contributed by atoms with Gasteiger partial charge in [-0.1, -0.05) is 6.92 Å². The van der Waals surface area contributed by atoms with E-state index < -0.39 is 23.5 Å². The van der Waals surface area contributed by atoms with Crippen LogP contribution in [0.3, 0.4) is 0 Å². The van der Waals surface area contributed by atoms with E-state index in [9.17, 15) is 26.3 Å². The number of rotatable bonds is 2. The van der Waals surface area contributed by atoms with Crippen LogP contribution >= 0.6 is 0 Å². The minimum Gasteiger partial charge on any atom is -0.240 e. The van der Waals surface area contributed by atoms with Crippen LogP contribution in [0.2, 0.25) is 0 Å². The summed E-state index contributed by atoms with van der Waals surface area (Å²) in [5, 5.41) is 3.48. The van der Waals surface area contributed by atoms with Crippen LogP contribution in [0.1, 0.15) is 23.6 Å². The molecule has 0 saturated heterocycles. The van der Waals surface area contributed by atoms with Gasteiger partial charge in [0.15, 0.2) is 0 Å². The fraction of sp³-hybridized carbons (Fsp3) is 0.308. The third-order valence-corrected chi connectivity index (χ3v) is 2.89. The topological polar surface area (TPSA) is 17.8 Å². The molecule has 2 rings (SSSR count). The van der Waals surface area contributed by atoms with E-state index in [1.165, 1.54) is 6.07 Å². The average molecular weight is 308 g/mol. The minimum absolute atomic E-state index is 0.0582. The van der Waals surface area contributed by atoms with Gasteiger partial charge in [0.2, 0.25) is 0 Å². The maximum Gasteiger partial charge on any atom is 0.419 e. The van der Waals surface area contributed by atoms with Crippen molar-refractivity contribution in [3.05, 3.63) is 47.3 Å². The van der Waals surface area contributed by atoms with Crippen LogP contribution < -0.4 is 0 Å². The molecule has 114 valence electrons. The van der Waals surface area contributed by atoms with Gasteiger partial charge < -0.3 is 0 Å². The van der Waals surface area contributed by atoms with E-state index in [4.69, 9.17) is 0 Å². The number of nitrogens with zero attached hydrogens (tertiary/aromatic N) is 2. The van der Waals surface area contributed by atoms with Crippen molar-refractivity contribution in [2.45, 2.75) is 25.7 Å². The van der Waals surface area contributed by atoms with Crippen LogP contribution in [0, 0.1) is 0 Å². The van der Waals surface area contributed by atoms with E-state index in [2.05, 4.69) is 5.10 Å². The van der Waals surface area contributed by atoms with Crippen molar-refractivity contribution in [3.63, 3.8) is 0 Å². The zero-order valence-corrected chi connectivity index (χ0v) is 10.8. The summed E-state index contributed by atoms with van der Waals surface area (Å²) in [5.74, 6) is 0. The van der Waals surface area contributed by atoms with E-state index >= 15 is 0 Å². The first-order valence-electron chi connectivity index (χ1n) is 5.94. The molecule has 0 N–H and O–H groups in total. The van der Waals surface area contributed by atoms with E-state index in [1.54, 1.807) is 6.92 Å². The number of halogens is 6. The van der Waals surface area contributed by atoms with Gasteiger partial charge in [-0.25, -0.2) is 4.68 Å². The van der Waals surface area contributed by atoms with Crippen molar-refractivity contribution in [2.75, 3.05) is 0 Å². The Labute approximate surface area is 116 Å². The first-order valence-corrected chi connectivity index (χ1v) is 5.94. The van der Waals surface area contributed by atoms with Gasteiger partial charge in [-0.2, -0.15) is 31.4 Å². The van der Waals surface area contributed by atoms with E-state index in [-0.39, 0.29) is 5.69 Å². The SMILES string of the molecule is CCc1cc(-n2cc(C(F)(F)F)cn2)cc(C(F)(F)F)c1. The number of benzene rings is 1. The molecule has 0 aliphatic rings. The number of alkyl halides is 6. The van der Waals surface area contributed by atoms with Gasteiger partial charge in [0.25, 0.3) is 0 Å². The lowest BCUT2D eigenvalue weighted by Gasteiger charge is -2.11. The Morgan fingerprint density at radius 1 is 0.952 bits per heavy atom. The smallest absolute Gasteiger partial charge is 0.240 e. The van der Waals surface area contributed by atoms with Gasteiger partial charge in [-0.3, -0.25) is 0 Å². The fourth-order valence-corrected chi connectivity index (χ4v) is 1.78. The van der Waals surface area contributed by atoms with Crippen molar-refractivity contribution in [1.29, 1.82) is 0 Å². The summed E-state index contributed by atoms with van der Waals surface area (Å²) in [6.45, 7) is 1.66. The van der Waals surface area contributed by atoms with Crippen molar-refractivity contribution >= 4 is 0 Å². The molecule has 2 nitrogen and oxygen atoms in total. The molecule has 0 aliphatic carbocycles. The van der Waals surface area contributed by atoms with E-state index in [0.29, 0.717) is 24.4 Å². The van der Waals surface area contributed by atoms with Gasteiger partial charge in [-0.15, -0.1) is 0 Å². The predicted molar refractivity (Wildman–Crippen MR) is 62.9 cm³/mol. The van der Waals surface area contributed by atoms with Crippen LogP contribution in [0.5, 0.6) is 0 Å². The molecule has 0 radical (unpaired) electrons. The van der Waals surface area contributed by atoms with Crippen LogP contribution in [-0.4, -0.2) is 9.78 Å². The Morgan fingerprint density at radius 3 is 2.05 bits per heavy atom. The van der Waals surface area contributed by atoms with E-state index in [0.717, 1.165) is 16.8 Å². The molecule has 0 spiro atoms. The quantitative estimate of drug-likeness (QED) is 0.748. The maximum atomic E-state index is 12.8. The highest BCUT2D eigenvalue weighted by Gasteiger charge is 2.33. The largest absolute Gasteiger partial charge is 0.419 e. The number of aryl methyl sites for hydroxylation is 1. The summed E-state index contributed by atoms with van der Waals surface area (Å²) in [4.78, 5) is 0. The highest BCUT2D eigenvalue weighted by Crippen LogP contribution is 2.33. The van der Waals surface area contributed by atoms with Gasteiger partial charge in [-0.05, 0) is 30.2 Å². The molecule has 1 aromatic heterocycles. The number of hydrogen-bond acceptors (Lipinski definition) is 1. The molecular formula is C13H10F6N2. The minimum atomic E-state index is -4.59. The molecule has 1 heterocycles. The van der Waals surface area contributed by atoms with Gasteiger partial charge in [0.05, 0.1) is 23.0 Å². The van der Waals surface area contributed by atoms with Crippen molar-refractivity contribution < 1.29 is 26.3 Å². The standard InChI is InChI=1S/C13H10F6N2/c1-2-8-3-9(12(14,15)16)5-11(4-8)21-7-10(6-20-21)13(17,18)19/h3-7H,2H2,1H3. The fourth-order valence-electron chi connectivity index (χ4n) is 1.78. The maximum absolute atomic E-state index is 12.8. The summed E-state index contributed by atoms with van der Waals surface area (Å²) in [7, 11) is 0. The van der Waals surface area contributed by atoms with Gasteiger partial charge >= 0.3 is 12.4 Å². The molecule has 0 unspecified atom stereocenters. The summed E-state index contributed by atoms with van der Waals surface area (Å²) >= 11 is 0. The summed E-state index contributed by atoms with van der Waals surface area (Å²) in [6, 6.07) is 3.12. The van der Waals surface area contributed by atoms with Crippen LogP contribution in [-0.2, 0) is 18.8 Å². The molecule has 8 heteroatoms. The second kappa shape index (κ2) is 5.09. The molecule has 0 fully saturated rings. The first-order chi connectivity index (χ1) is 9.61. The Bertz CT molecular complexity index is 639. The second-order valence-corrected chi connectivity index (χ2v) is 4.41. The molecule has 1 aromatic carbocycles. The normalized spacial score (nSPS) is 12.7. The number of aromatic nitrogens is 2. The lowest BCUT2D eigenvalue weighted by Crippen LogP contribution is -2.08. The first kappa shape index (κ1) is 15.4. The molecule has 21 heavy (non-hydrogen) atoms. The molecule has 0 amide bonds. The second-order valence-electron chi connectivity index (χ2n) is 4.41. The van der Waals surface area contributed by atoms with E-state index in [1.807, 2.05) is 0 Å². The van der Waals surface area contributed by atoms with Crippen LogP contribution in [0.25, 0.3) is 5.69 Å². The Hall–Kier alpha value is -1.99. The summed E-state index contributed by atoms with van der Waals surface area (Å²) in [6.07, 6.45) is -7.60. The van der Waals surface area contributed by atoms with Gasteiger partial charge in [0.1, 0.15) is 0 Å². The predicted octanol–water partition coefficient (Wildman–Crippen LogP) is 4.47. The Balaban J connectivity index is 2.51. The van der Waals surface area contributed by atoms with Crippen LogP contribution in [0.4, 0.5) is 26.3 Å². The zero-order valence-electron chi connectivity index (χ0n) is 10.8. The Morgan fingerprint density at radius 2 is 1.57 bits per heavy atom. The molecule has 0 atom stereocenters. The van der Waals surface area contributed by atoms with Crippen LogP contribution in [0.15, 0.2) is 30.6 Å². The highest BCUT2D eigenvalue weighted by molar-refractivity contribution is 5.41. The van der Waals surface area contributed by atoms with Gasteiger partial charge in [0, 0.05) is 6.20 Å². The highest BCUT2D eigenvalue weighted by atomic mass is 19.4. The monoisotopic (exact) mass is 308 g/mol. The van der Waals surface area contributed by atoms with Crippen molar-refractivity contribution in [2.24, 2.45) is 0 Å². The lowest BCUT2D eigenvalue weighted by atomic mass is 10.1. The van der Waals surface area contributed by atoms with Crippen molar-refractivity contribution in [3.8, 4) is 5.69 Å². The molecular weight excluding hydrogens is 298 g/mol. The molecule has 0 aliphatic heterocycles. The third kappa shape index (κ3) is 3.37. The third-order valence-electron chi connectivity index (χ3n) is 2.89. The zero-order chi connectivity index (χ0) is 15.8. The molecule has 0 saturated carbocycles. The molecule has 0 bridgehead atoms. The average Bonchev–Trinajstić information content (AvgIpc) is 2.86. The Kier molecular flexibility index (Phi) is 3.73. The molecule has 2 aromatic rings. The number of hydrogen-bond donors (Lipinski definition) is 0. The van der Waals surface area contributed by atoms with Crippen molar-refractivity contribution in [1.82, 2.24) is 9.78 Å².